The molecule has 0 unspecified atom stereocenters. The summed E-state index contributed by atoms with van der Waals surface area (Å²) < 4.78 is 29.1. The van der Waals surface area contributed by atoms with E-state index in [9.17, 15) is 4.57 Å². The van der Waals surface area contributed by atoms with Gasteiger partial charge in [0, 0.05) is 0 Å². The molecule has 0 N–H and O–H groups in total. The molecule has 0 fully saturated rings. The highest BCUT2D eigenvalue weighted by Crippen LogP contribution is 2.50. The number of hydrogen-bond donors (Lipinski definition) is 0. The Hall–Kier alpha value is 0.110. The maximum absolute atomic E-state index is 12.6. The van der Waals surface area contributed by atoms with Gasteiger partial charge in [-0.1, -0.05) is 66.7 Å². The van der Waals surface area contributed by atoms with Gasteiger partial charge in [0.05, 0.1) is 19.8 Å². The molecule has 0 aliphatic carbocycles. The molecule has 0 aromatic carbocycles. The van der Waals surface area contributed by atoms with Crippen LogP contribution in [-0.4, -0.2) is 19.8 Å². The van der Waals surface area contributed by atoms with E-state index in [0.29, 0.717) is 31.7 Å². The molecular weight excluding hydrogens is 311 g/mol. The van der Waals surface area contributed by atoms with Gasteiger partial charge in [0.2, 0.25) is 0 Å². The first kappa shape index (κ1) is 23.1. The second kappa shape index (κ2) is 14.5. The van der Waals surface area contributed by atoms with Gasteiger partial charge in [-0.2, -0.15) is 0 Å². The molecular formula is C18H39O4P. The first-order valence-corrected chi connectivity index (χ1v) is 10.9. The lowest BCUT2D eigenvalue weighted by Crippen LogP contribution is -2.06. The molecule has 0 saturated heterocycles. The van der Waals surface area contributed by atoms with Crippen molar-refractivity contribution in [3.63, 3.8) is 0 Å². The van der Waals surface area contributed by atoms with Crippen molar-refractivity contribution < 1.29 is 18.1 Å². The van der Waals surface area contributed by atoms with E-state index in [1.807, 2.05) is 0 Å². The first-order valence-electron chi connectivity index (χ1n) is 9.43. The van der Waals surface area contributed by atoms with Gasteiger partial charge < -0.3 is 0 Å². The van der Waals surface area contributed by atoms with Crippen molar-refractivity contribution in [2.75, 3.05) is 19.8 Å². The molecule has 0 spiro atoms. The number of phosphoric ester groups is 1. The van der Waals surface area contributed by atoms with E-state index in [1.54, 1.807) is 0 Å². The van der Waals surface area contributed by atoms with E-state index in [-0.39, 0.29) is 0 Å². The Labute approximate surface area is 144 Å². The molecule has 0 amide bonds. The second-order valence-corrected chi connectivity index (χ2v) is 8.75. The first-order chi connectivity index (χ1) is 10.9. The van der Waals surface area contributed by atoms with Crippen LogP contribution in [0.1, 0.15) is 86.0 Å². The average Bonchev–Trinajstić information content (AvgIpc) is 2.45. The monoisotopic (exact) mass is 350 g/mol. The summed E-state index contributed by atoms with van der Waals surface area (Å²) in [6.07, 6.45) is 8.76. The molecule has 0 aromatic rings. The van der Waals surface area contributed by atoms with Crippen LogP contribution in [0, 0.1) is 11.8 Å². The van der Waals surface area contributed by atoms with E-state index < -0.39 is 7.82 Å². The lowest BCUT2D eigenvalue weighted by Gasteiger charge is -2.19. The zero-order valence-corrected chi connectivity index (χ0v) is 16.9. The minimum absolute atomic E-state index is 0.424. The topological polar surface area (TPSA) is 44.8 Å². The lowest BCUT2D eigenvalue weighted by atomic mass is 10.1. The number of hydrogen-bond acceptors (Lipinski definition) is 4. The fraction of sp³-hybridized carbons (Fsp3) is 1.00. The van der Waals surface area contributed by atoms with Crippen LogP contribution in [0.4, 0.5) is 0 Å². The predicted octanol–water partition coefficient (Wildman–Crippen LogP) is 6.60. The minimum atomic E-state index is -3.39. The maximum atomic E-state index is 12.6. The van der Waals surface area contributed by atoms with Gasteiger partial charge in [-0.15, -0.1) is 0 Å². The summed E-state index contributed by atoms with van der Waals surface area (Å²) in [7, 11) is -3.39. The fourth-order valence-electron chi connectivity index (χ4n) is 1.97. The fourth-order valence-corrected chi connectivity index (χ4v) is 3.21. The van der Waals surface area contributed by atoms with Crippen molar-refractivity contribution in [2.24, 2.45) is 11.8 Å². The minimum Gasteiger partial charge on any atom is -0.287 e. The Morgan fingerprint density at radius 3 is 1.61 bits per heavy atom. The quantitative estimate of drug-likeness (QED) is 0.232. The molecule has 140 valence electrons. The number of phosphoric acid groups is 1. The van der Waals surface area contributed by atoms with Gasteiger partial charge in [-0.05, 0) is 31.1 Å². The molecule has 0 aromatic heterocycles. The van der Waals surface area contributed by atoms with Gasteiger partial charge >= 0.3 is 7.82 Å². The highest BCUT2D eigenvalue weighted by molar-refractivity contribution is 7.48. The van der Waals surface area contributed by atoms with Crippen molar-refractivity contribution in [3.8, 4) is 0 Å². The average molecular weight is 350 g/mol. The maximum Gasteiger partial charge on any atom is 0.474 e. The molecule has 4 nitrogen and oxygen atoms in total. The third kappa shape index (κ3) is 15.4. The van der Waals surface area contributed by atoms with Crippen LogP contribution >= 0.6 is 7.82 Å². The van der Waals surface area contributed by atoms with Gasteiger partial charge in [-0.25, -0.2) is 4.57 Å². The Bertz CT molecular complexity index is 287. The Kier molecular flexibility index (Phi) is 14.5. The van der Waals surface area contributed by atoms with Crippen molar-refractivity contribution in [1.82, 2.24) is 0 Å². The molecule has 0 radical (unpaired) electrons. The Morgan fingerprint density at radius 1 is 0.696 bits per heavy atom. The molecule has 0 saturated carbocycles. The molecule has 0 atom stereocenters. The summed E-state index contributed by atoms with van der Waals surface area (Å²) in [4.78, 5) is 0. The molecule has 0 heterocycles. The second-order valence-electron chi connectivity index (χ2n) is 7.08. The molecule has 0 aliphatic rings. The third-order valence-corrected chi connectivity index (χ3v) is 5.13. The molecule has 5 heteroatoms. The third-order valence-electron chi connectivity index (χ3n) is 3.64. The van der Waals surface area contributed by atoms with Gasteiger partial charge in [0.1, 0.15) is 0 Å². The van der Waals surface area contributed by atoms with E-state index in [1.165, 1.54) is 25.7 Å². The zero-order valence-electron chi connectivity index (χ0n) is 16.0. The highest BCUT2D eigenvalue weighted by Gasteiger charge is 2.26. The predicted molar refractivity (Wildman–Crippen MR) is 97.7 cm³/mol. The number of unbranched alkanes of at least 4 members (excludes halogenated alkanes) is 5. The lowest BCUT2D eigenvalue weighted by molar-refractivity contribution is 0.104. The van der Waals surface area contributed by atoms with Gasteiger partial charge in [0.25, 0.3) is 0 Å². The zero-order chi connectivity index (χ0) is 17.6. The van der Waals surface area contributed by atoms with Crippen molar-refractivity contribution in [2.45, 2.75) is 86.0 Å². The van der Waals surface area contributed by atoms with Crippen LogP contribution in [-0.2, 0) is 18.1 Å². The molecule has 23 heavy (non-hydrogen) atoms. The molecule has 0 aliphatic heterocycles. The summed E-state index contributed by atoms with van der Waals surface area (Å²) in [6.45, 7) is 12.0. The smallest absolute Gasteiger partial charge is 0.287 e. The van der Waals surface area contributed by atoms with Crippen molar-refractivity contribution in [1.29, 1.82) is 0 Å². The van der Waals surface area contributed by atoms with E-state index in [4.69, 9.17) is 13.6 Å². The summed E-state index contributed by atoms with van der Waals surface area (Å²) in [6, 6.07) is 0. The van der Waals surface area contributed by atoms with Crippen molar-refractivity contribution >= 4 is 7.82 Å². The van der Waals surface area contributed by atoms with E-state index >= 15 is 0 Å². The van der Waals surface area contributed by atoms with Crippen LogP contribution in [0.3, 0.4) is 0 Å². The highest BCUT2D eigenvalue weighted by atomic mass is 31.2. The van der Waals surface area contributed by atoms with Crippen LogP contribution in [0.5, 0.6) is 0 Å². The molecule has 0 bridgehead atoms. The summed E-state index contributed by atoms with van der Waals surface area (Å²) in [5, 5.41) is 0. The number of rotatable bonds is 16. The largest absolute Gasteiger partial charge is 0.474 e. The van der Waals surface area contributed by atoms with Gasteiger partial charge in [-0.3, -0.25) is 13.6 Å². The standard InChI is InChI=1S/C18H39O4P/c1-6-7-8-9-10-11-14-20-23(19,21-15-12-17(2)3)22-16-13-18(4)5/h17-18H,6-16H2,1-5H3. The van der Waals surface area contributed by atoms with Crippen LogP contribution < -0.4 is 0 Å². The Morgan fingerprint density at radius 2 is 1.13 bits per heavy atom. The summed E-state index contributed by atoms with van der Waals surface area (Å²) in [5.74, 6) is 1.02. The van der Waals surface area contributed by atoms with Gasteiger partial charge in [0.15, 0.2) is 0 Å². The SMILES string of the molecule is CCCCCCCCOP(=O)(OCCC(C)C)OCCC(C)C. The summed E-state index contributed by atoms with van der Waals surface area (Å²) in [5.41, 5.74) is 0. The van der Waals surface area contributed by atoms with Crippen LogP contribution in [0.2, 0.25) is 0 Å². The normalized spacial score (nSPS) is 12.5. The van der Waals surface area contributed by atoms with E-state index in [0.717, 1.165) is 25.7 Å². The Balaban J connectivity index is 4.06. The van der Waals surface area contributed by atoms with Crippen LogP contribution in [0.25, 0.3) is 0 Å². The summed E-state index contributed by atoms with van der Waals surface area (Å²) >= 11 is 0. The van der Waals surface area contributed by atoms with Crippen LogP contribution in [0.15, 0.2) is 0 Å². The van der Waals surface area contributed by atoms with E-state index in [2.05, 4.69) is 34.6 Å². The molecule has 0 rings (SSSR count). The van der Waals surface area contributed by atoms with Crippen molar-refractivity contribution in [3.05, 3.63) is 0 Å².